The molecule has 4 aromatic rings. The lowest BCUT2D eigenvalue weighted by Crippen LogP contribution is -2.24. The molecule has 4 rings (SSSR count). The summed E-state index contributed by atoms with van der Waals surface area (Å²) in [7, 11) is -3.80. The number of aryl methyl sites for hydroxylation is 2. The van der Waals surface area contributed by atoms with Crippen LogP contribution in [0.15, 0.2) is 40.1 Å². The van der Waals surface area contributed by atoms with Crippen LogP contribution in [0.1, 0.15) is 17.3 Å². The molecule has 0 saturated heterocycles. The van der Waals surface area contributed by atoms with Gasteiger partial charge in [-0.15, -0.1) is 0 Å². The number of anilines is 1. The van der Waals surface area contributed by atoms with Crippen LogP contribution in [-0.4, -0.2) is 38.1 Å². The molecule has 0 unspecified atom stereocenters. The molecule has 0 radical (unpaired) electrons. The molecule has 0 atom stereocenters. The van der Waals surface area contributed by atoms with Gasteiger partial charge in [0, 0.05) is 12.5 Å². The topological polar surface area (TPSA) is 154 Å². The molecule has 3 heterocycles. The second-order valence-corrected chi connectivity index (χ2v) is 7.82. The van der Waals surface area contributed by atoms with E-state index in [0.29, 0.717) is 22.8 Å². The number of nitrogens with two attached hydrogens (primary N) is 1. The zero-order chi connectivity index (χ0) is 19.9. The van der Waals surface area contributed by atoms with Crippen LogP contribution in [0.5, 0.6) is 0 Å². The predicted octanol–water partition coefficient (Wildman–Crippen LogP) is 0.852. The largest absolute Gasteiger partial charge is 0.381 e. The van der Waals surface area contributed by atoms with E-state index in [4.69, 9.17) is 10.3 Å². The normalized spacial score (nSPS) is 11.9. The highest BCUT2D eigenvalue weighted by Gasteiger charge is 2.19. The number of hydrogen-bond donors (Lipinski definition) is 2. The van der Waals surface area contributed by atoms with Crippen LogP contribution in [0.4, 0.5) is 5.82 Å². The summed E-state index contributed by atoms with van der Waals surface area (Å²) in [5.41, 5.74) is 8.33. The van der Waals surface area contributed by atoms with Gasteiger partial charge in [0.2, 0.25) is 15.9 Å². The molecule has 0 bridgehead atoms. The van der Waals surface area contributed by atoms with Gasteiger partial charge in [-0.2, -0.15) is 10.1 Å². The maximum absolute atomic E-state index is 12.7. The summed E-state index contributed by atoms with van der Waals surface area (Å²) < 4.78 is 34.2. The predicted molar refractivity (Wildman–Crippen MR) is 98.4 cm³/mol. The van der Waals surface area contributed by atoms with Crippen molar-refractivity contribution in [3.63, 3.8) is 0 Å². The summed E-state index contributed by atoms with van der Waals surface area (Å²) in [6.07, 6.45) is 2.90. The Balaban J connectivity index is 1.71. The summed E-state index contributed by atoms with van der Waals surface area (Å²) in [5, 5.41) is 7.84. The molecule has 1 aromatic carbocycles. The highest BCUT2D eigenvalue weighted by molar-refractivity contribution is 7.89. The molecule has 28 heavy (non-hydrogen) atoms. The van der Waals surface area contributed by atoms with Gasteiger partial charge in [-0.1, -0.05) is 11.2 Å². The highest BCUT2D eigenvalue weighted by Crippen LogP contribution is 2.27. The van der Waals surface area contributed by atoms with Crippen molar-refractivity contribution in [3.05, 3.63) is 48.0 Å². The van der Waals surface area contributed by atoms with E-state index in [1.807, 2.05) is 6.92 Å². The number of nitrogens with one attached hydrogen (secondary N) is 1. The second-order valence-electron chi connectivity index (χ2n) is 6.06. The number of nitrogens with zero attached hydrogens (tertiary/aromatic N) is 6. The van der Waals surface area contributed by atoms with Crippen molar-refractivity contribution in [1.82, 2.24) is 34.4 Å². The average Bonchev–Trinajstić information content (AvgIpc) is 3.27. The molecule has 144 valence electrons. The van der Waals surface area contributed by atoms with Crippen LogP contribution in [0, 0.1) is 13.8 Å². The SMILES string of the molecule is Cc1nc(CNS(=O)(=O)c2ccc(C)c(-c3cnc4c(N)ncnn34)c2)no1. The molecular formula is C16H16N8O3S. The molecule has 0 aliphatic rings. The van der Waals surface area contributed by atoms with Crippen molar-refractivity contribution in [2.75, 3.05) is 5.73 Å². The first kappa shape index (κ1) is 18.0. The zero-order valence-electron chi connectivity index (χ0n) is 15.0. The fourth-order valence-corrected chi connectivity index (χ4v) is 3.72. The standard InChI is InChI=1S/C16H16N8O3S/c1-9-3-4-11(28(25,26)21-7-14-22-10(2)27-23-14)5-12(9)13-6-18-16-15(17)19-8-20-24(13)16/h3-6,8,21H,7H2,1-2H3,(H2,17,19,20). The smallest absolute Gasteiger partial charge is 0.241 e. The quantitative estimate of drug-likeness (QED) is 0.496. The van der Waals surface area contributed by atoms with E-state index in [2.05, 4.69) is 29.9 Å². The van der Waals surface area contributed by atoms with Gasteiger partial charge in [0.05, 0.1) is 23.3 Å². The van der Waals surface area contributed by atoms with Gasteiger partial charge < -0.3 is 10.3 Å². The van der Waals surface area contributed by atoms with E-state index < -0.39 is 10.0 Å². The van der Waals surface area contributed by atoms with Crippen LogP contribution in [-0.2, 0) is 16.6 Å². The van der Waals surface area contributed by atoms with E-state index in [1.165, 1.54) is 16.9 Å². The van der Waals surface area contributed by atoms with Gasteiger partial charge in [-0.3, -0.25) is 0 Å². The van der Waals surface area contributed by atoms with Crippen LogP contribution >= 0.6 is 0 Å². The monoisotopic (exact) mass is 400 g/mol. The molecule has 0 saturated carbocycles. The van der Waals surface area contributed by atoms with Crippen molar-refractivity contribution >= 4 is 21.5 Å². The first-order valence-electron chi connectivity index (χ1n) is 8.19. The van der Waals surface area contributed by atoms with Gasteiger partial charge in [-0.25, -0.2) is 27.6 Å². The fraction of sp³-hybridized carbons (Fsp3) is 0.188. The number of nitrogen functional groups attached to an aromatic ring is 1. The van der Waals surface area contributed by atoms with Crippen LogP contribution in [0.2, 0.25) is 0 Å². The molecule has 12 heteroatoms. The van der Waals surface area contributed by atoms with Gasteiger partial charge >= 0.3 is 0 Å². The third kappa shape index (κ3) is 3.18. The summed E-state index contributed by atoms with van der Waals surface area (Å²) in [4.78, 5) is 12.2. The number of imidazole rings is 1. The minimum Gasteiger partial charge on any atom is -0.381 e. The Morgan fingerprint density at radius 2 is 2.07 bits per heavy atom. The number of hydrogen-bond acceptors (Lipinski definition) is 9. The van der Waals surface area contributed by atoms with E-state index in [-0.39, 0.29) is 23.1 Å². The first-order chi connectivity index (χ1) is 13.3. The molecule has 11 nitrogen and oxygen atoms in total. The molecular weight excluding hydrogens is 384 g/mol. The lowest BCUT2D eigenvalue weighted by atomic mass is 10.1. The van der Waals surface area contributed by atoms with Crippen LogP contribution < -0.4 is 10.5 Å². The highest BCUT2D eigenvalue weighted by atomic mass is 32.2. The number of rotatable bonds is 5. The summed E-state index contributed by atoms with van der Waals surface area (Å²) in [6, 6.07) is 4.79. The summed E-state index contributed by atoms with van der Waals surface area (Å²) in [6.45, 7) is 3.41. The average molecular weight is 400 g/mol. The molecule has 0 amide bonds. The lowest BCUT2D eigenvalue weighted by Gasteiger charge is -2.10. The fourth-order valence-electron chi connectivity index (χ4n) is 2.72. The number of sulfonamides is 1. The van der Waals surface area contributed by atoms with E-state index in [0.717, 1.165) is 5.56 Å². The Kier molecular flexibility index (Phi) is 4.28. The van der Waals surface area contributed by atoms with Gasteiger partial charge in [0.1, 0.15) is 6.33 Å². The molecule has 3 N–H and O–H groups in total. The van der Waals surface area contributed by atoms with Gasteiger partial charge in [-0.05, 0) is 24.6 Å². The van der Waals surface area contributed by atoms with Crippen molar-refractivity contribution < 1.29 is 12.9 Å². The number of fused-ring (bicyclic) bond motifs is 1. The molecule has 0 spiro atoms. The summed E-state index contributed by atoms with van der Waals surface area (Å²) in [5.74, 6) is 0.850. The van der Waals surface area contributed by atoms with E-state index in [9.17, 15) is 8.42 Å². The van der Waals surface area contributed by atoms with Crippen molar-refractivity contribution in [2.24, 2.45) is 0 Å². The van der Waals surface area contributed by atoms with Crippen molar-refractivity contribution in [2.45, 2.75) is 25.3 Å². The van der Waals surface area contributed by atoms with Crippen molar-refractivity contribution in [1.29, 1.82) is 0 Å². The number of aromatic nitrogens is 6. The maximum Gasteiger partial charge on any atom is 0.241 e. The Morgan fingerprint density at radius 3 is 2.82 bits per heavy atom. The van der Waals surface area contributed by atoms with Crippen molar-refractivity contribution in [3.8, 4) is 11.3 Å². The Bertz CT molecular complexity index is 1280. The third-order valence-electron chi connectivity index (χ3n) is 4.12. The lowest BCUT2D eigenvalue weighted by molar-refractivity contribution is 0.387. The minimum atomic E-state index is -3.80. The maximum atomic E-state index is 12.7. The Hall–Kier alpha value is -3.38. The second kappa shape index (κ2) is 6.65. The van der Waals surface area contributed by atoms with Gasteiger partial charge in [0.25, 0.3) is 0 Å². The summed E-state index contributed by atoms with van der Waals surface area (Å²) >= 11 is 0. The molecule has 0 fully saturated rings. The Labute approximate surface area is 159 Å². The van der Waals surface area contributed by atoms with Crippen LogP contribution in [0.3, 0.4) is 0 Å². The van der Waals surface area contributed by atoms with Crippen LogP contribution in [0.25, 0.3) is 16.9 Å². The van der Waals surface area contributed by atoms with Gasteiger partial charge in [0.15, 0.2) is 17.3 Å². The number of benzene rings is 1. The van der Waals surface area contributed by atoms with E-state index >= 15 is 0 Å². The van der Waals surface area contributed by atoms with E-state index in [1.54, 1.807) is 25.3 Å². The zero-order valence-corrected chi connectivity index (χ0v) is 15.8. The minimum absolute atomic E-state index is 0.0811. The molecule has 0 aliphatic carbocycles. The Morgan fingerprint density at radius 1 is 1.25 bits per heavy atom. The molecule has 3 aromatic heterocycles. The molecule has 0 aliphatic heterocycles. The third-order valence-corrected chi connectivity index (χ3v) is 5.52. The first-order valence-corrected chi connectivity index (χ1v) is 9.67.